The minimum absolute atomic E-state index is 0.0360. The molecule has 2 aliphatic heterocycles. The molecule has 0 saturated carbocycles. The number of benzene rings is 1. The van der Waals surface area contributed by atoms with Crippen molar-refractivity contribution in [3.63, 3.8) is 0 Å². The number of carbonyl (C=O) groups excluding carboxylic acids is 1. The number of hydrazone groups is 1. The fraction of sp³-hybridized carbons (Fsp3) is 0.0588. The standard InChI is InChI=1S/C17H11ClN4O4S2/c1-28(24,25)17-21-22-14(19)12(15(23)20-16(22)27-17)8-11-6-7-13(26-11)9-2-4-10(18)5-3-9/h2-8,19H,1H3/b12-8-,19-14?. The number of nitrogens with one attached hydrogen (secondary N) is 1. The van der Waals surface area contributed by atoms with Gasteiger partial charge >= 0.3 is 0 Å². The zero-order valence-electron chi connectivity index (χ0n) is 14.2. The van der Waals surface area contributed by atoms with Gasteiger partial charge in [0.25, 0.3) is 5.91 Å². The first-order chi connectivity index (χ1) is 13.2. The summed E-state index contributed by atoms with van der Waals surface area (Å²) in [7, 11) is -3.57. The average molecular weight is 435 g/mol. The molecule has 4 rings (SSSR count). The predicted molar refractivity (Wildman–Crippen MR) is 109 cm³/mol. The second-order valence-corrected chi connectivity index (χ2v) is 9.45. The van der Waals surface area contributed by atoms with E-state index in [0.29, 0.717) is 16.5 Å². The lowest BCUT2D eigenvalue weighted by molar-refractivity contribution is -0.114. The van der Waals surface area contributed by atoms with Crippen molar-refractivity contribution in [3.8, 4) is 11.3 Å². The van der Waals surface area contributed by atoms with Gasteiger partial charge in [-0.05, 0) is 54.2 Å². The van der Waals surface area contributed by atoms with Gasteiger partial charge in [0, 0.05) is 16.8 Å². The second kappa shape index (κ2) is 6.73. The largest absolute Gasteiger partial charge is 0.457 e. The van der Waals surface area contributed by atoms with E-state index in [2.05, 4.69) is 10.1 Å². The van der Waals surface area contributed by atoms with Crippen LogP contribution in [0.5, 0.6) is 0 Å². The van der Waals surface area contributed by atoms with Gasteiger partial charge in [0.15, 0.2) is 5.84 Å². The van der Waals surface area contributed by atoms with Crippen LogP contribution in [0.3, 0.4) is 0 Å². The summed E-state index contributed by atoms with van der Waals surface area (Å²) in [5.41, 5.74) is 0.748. The zero-order chi connectivity index (χ0) is 20.1. The van der Waals surface area contributed by atoms with Gasteiger partial charge in [-0.3, -0.25) is 10.2 Å². The Morgan fingerprint density at radius 2 is 1.93 bits per heavy atom. The van der Waals surface area contributed by atoms with Crippen LogP contribution >= 0.6 is 23.4 Å². The van der Waals surface area contributed by atoms with E-state index in [9.17, 15) is 13.2 Å². The molecule has 0 bridgehead atoms. The van der Waals surface area contributed by atoms with E-state index in [-0.39, 0.29) is 21.0 Å². The Balaban J connectivity index is 1.66. The second-order valence-electron chi connectivity index (χ2n) is 5.87. The zero-order valence-corrected chi connectivity index (χ0v) is 16.6. The number of amidine groups is 2. The van der Waals surface area contributed by atoms with Crippen LogP contribution < -0.4 is 0 Å². The van der Waals surface area contributed by atoms with E-state index in [0.717, 1.165) is 28.6 Å². The Kier molecular flexibility index (Phi) is 4.48. The number of thioether (sulfide) groups is 1. The van der Waals surface area contributed by atoms with Gasteiger partial charge in [-0.1, -0.05) is 11.6 Å². The Hall–Kier alpha value is -2.69. The monoisotopic (exact) mass is 434 g/mol. The fourth-order valence-corrected chi connectivity index (χ4v) is 4.28. The van der Waals surface area contributed by atoms with Crippen molar-refractivity contribution in [1.29, 1.82) is 5.41 Å². The first kappa shape index (κ1) is 18.7. The molecule has 0 radical (unpaired) electrons. The molecule has 3 heterocycles. The molecule has 142 valence electrons. The minimum atomic E-state index is -3.57. The summed E-state index contributed by atoms with van der Waals surface area (Å²) in [5, 5.41) is 13.8. The molecule has 28 heavy (non-hydrogen) atoms. The van der Waals surface area contributed by atoms with E-state index in [1.807, 2.05) is 0 Å². The van der Waals surface area contributed by atoms with E-state index >= 15 is 0 Å². The number of carbonyl (C=O) groups is 1. The number of fused-ring (bicyclic) bond motifs is 1. The number of nitrogens with zero attached hydrogens (tertiary/aromatic N) is 3. The van der Waals surface area contributed by atoms with Gasteiger partial charge in [0.05, 0.1) is 5.57 Å². The van der Waals surface area contributed by atoms with Gasteiger partial charge in [-0.15, -0.1) is 5.10 Å². The number of halogens is 1. The summed E-state index contributed by atoms with van der Waals surface area (Å²) in [6, 6.07) is 10.4. The van der Waals surface area contributed by atoms with Crippen LogP contribution in [-0.2, 0) is 14.6 Å². The summed E-state index contributed by atoms with van der Waals surface area (Å²) < 4.78 is 28.8. The Morgan fingerprint density at radius 3 is 2.61 bits per heavy atom. The molecular weight excluding hydrogens is 424 g/mol. The molecule has 0 saturated heterocycles. The maximum atomic E-state index is 12.3. The summed E-state index contributed by atoms with van der Waals surface area (Å²) in [4.78, 5) is 16.2. The maximum Gasteiger partial charge on any atom is 0.283 e. The third kappa shape index (κ3) is 3.41. The highest BCUT2D eigenvalue weighted by Crippen LogP contribution is 2.31. The summed E-state index contributed by atoms with van der Waals surface area (Å²) >= 11 is 6.61. The average Bonchev–Trinajstić information content (AvgIpc) is 3.26. The van der Waals surface area contributed by atoms with Crippen molar-refractivity contribution in [1.82, 2.24) is 5.01 Å². The molecule has 0 fully saturated rings. The van der Waals surface area contributed by atoms with Crippen LogP contribution in [0.1, 0.15) is 5.76 Å². The summed E-state index contributed by atoms with van der Waals surface area (Å²) in [5.74, 6) is -0.0313. The van der Waals surface area contributed by atoms with Crippen LogP contribution in [0.2, 0.25) is 5.02 Å². The molecule has 0 spiro atoms. The molecule has 11 heteroatoms. The SMILES string of the molecule is CS(=O)(=O)C1=NN2C(=N)/C(=C/c3ccc(-c4ccc(Cl)cc4)o3)C(=O)N=C2S1. The number of amides is 1. The molecular formula is C17H11ClN4O4S2. The number of hydrogen-bond donors (Lipinski definition) is 1. The highest BCUT2D eigenvalue weighted by Gasteiger charge is 2.38. The molecule has 1 N–H and O–H groups in total. The van der Waals surface area contributed by atoms with Crippen LogP contribution in [-0.4, -0.2) is 41.0 Å². The van der Waals surface area contributed by atoms with Crippen LogP contribution in [0.25, 0.3) is 17.4 Å². The van der Waals surface area contributed by atoms with Crippen molar-refractivity contribution in [3.05, 3.63) is 52.8 Å². The third-order valence-corrected chi connectivity index (χ3v) is 6.62. The molecule has 8 nitrogen and oxygen atoms in total. The Bertz CT molecular complexity index is 1210. The molecule has 2 aromatic rings. The normalized spacial score (nSPS) is 18.4. The molecule has 1 aromatic carbocycles. The molecule has 0 aliphatic carbocycles. The molecule has 0 unspecified atom stereocenters. The molecule has 1 amide bonds. The van der Waals surface area contributed by atoms with Crippen molar-refractivity contribution in [2.24, 2.45) is 10.1 Å². The van der Waals surface area contributed by atoms with Crippen molar-refractivity contribution in [2.45, 2.75) is 0 Å². The highest BCUT2D eigenvalue weighted by molar-refractivity contribution is 8.42. The minimum Gasteiger partial charge on any atom is -0.457 e. The van der Waals surface area contributed by atoms with E-state index < -0.39 is 15.7 Å². The molecule has 0 atom stereocenters. The Labute approximate surface area is 169 Å². The maximum absolute atomic E-state index is 12.3. The van der Waals surface area contributed by atoms with Gasteiger partial charge in [-0.25, -0.2) is 8.42 Å². The summed E-state index contributed by atoms with van der Waals surface area (Å²) in [6.07, 6.45) is 2.38. The fourth-order valence-electron chi connectivity index (χ4n) is 2.47. The lowest BCUT2D eigenvalue weighted by Crippen LogP contribution is -2.35. The lowest BCUT2D eigenvalue weighted by atomic mass is 10.1. The van der Waals surface area contributed by atoms with Gasteiger partial charge in [-0.2, -0.15) is 10.0 Å². The van der Waals surface area contributed by atoms with E-state index in [1.165, 1.54) is 6.08 Å². The number of aliphatic imine (C=N–C) groups is 1. The van der Waals surface area contributed by atoms with Crippen molar-refractivity contribution >= 4 is 60.6 Å². The van der Waals surface area contributed by atoms with Gasteiger partial charge in [0.2, 0.25) is 19.4 Å². The number of rotatable bonds is 2. The third-order valence-electron chi connectivity index (χ3n) is 3.80. The smallest absolute Gasteiger partial charge is 0.283 e. The van der Waals surface area contributed by atoms with Crippen LogP contribution in [0.4, 0.5) is 0 Å². The number of hydrogen-bond acceptors (Lipinski definition) is 7. The quantitative estimate of drug-likeness (QED) is 0.725. The van der Waals surface area contributed by atoms with E-state index in [1.54, 1.807) is 36.4 Å². The van der Waals surface area contributed by atoms with Gasteiger partial charge in [0.1, 0.15) is 11.5 Å². The predicted octanol–water partition coefficient (Wildman–Crippen LogP) is 3.22. The van der Waals surface area contributed by atoms with E-state index in [4.69, 9.17) is 21.4 Å². The first-order valence-corrected chi connectivity index (χ1v) is 10.9. The topological polar surface area (TPSA) is 116 Å². The molecule has 1 aromatic heterocycles. The highest BCUT2D eigenvalue weighted by atomic mass is 35.5. The van der Waals surface area contributed by atoms with Crippen LogP contribution in [0, 0.1) is 5.41 Å². The van der Waals surface area contributed by atoms with Crippen LogP contribution in [0.15, 0.2) is 56.5 Å². The summed E-state index contributed by atoms with van der Waals surface area (Å²) in [6.45, 7) is 0. The van der Waals surface area contributed by atoms with Gasteiger partial charge < -0.3 is 4.42 Å². The first-order valence-electron chi connectivity index (χ1n) is 7.78. The van der Waals surface area contributed by atoms with Crippen molar-refractivity contribution in [2.75, 3.05) is 6.26 Å². The molecule has 2 aliphatic rings. The van der Waals surface area contributed by atoms with Crippen molar-refractivity contribution < 1.29 is 17.6 Å². The lowest BCUT2D eigenvalue weighted by Gasteiger charge is -2.19. The number of sulfone groups is 1. The Morgan fingerprint density at radius 1 is 1.21 bits per heavy atom. The number of furan rings is 1.